The number of benzene rings is 2. The topological polar surface area (TPSA) is 44.2 Å². The Labute approximate surface area is 129 Å². The molecule has 0 atom stereocenters. The van der Waals surface area contributed by atoms with E-state index in [4.69, 9.17) is 5.41 Å². The van der Waals surface area contributed by atoms with Crippen molar-refractivity contribution in [2.75, 3.05) is 4.90 Å². The van der Waals surface area contributed by atoms with Gasteiger partial charge in [0.15, 0.2) is 5.17 Å². The van der Waals surface area contributed by atoms with Crippen LogP contribution in [0, 0.1) is 17.0 Å². The third-order valence-electron chi connectivity index (χ3n) is 3.11. The second-order valence-corrected chi connectivity index (χ2v) is 5.56. The molecule has 0 bridgehead atoms. The first-order chi connectivity index (χ1) is 10.6. The number of nitrogens with zero attached hydrogens (tertiary/aromatic N) is 1. The summed E-state index contributed by atoms with van der Waals surface area (Å²) in [6.45, 7) is 0. The smallest absolute Gasteiger partial charge is 0.271 e. The van der Waals surface area contributed by atoms with Gasteiger partial charge in [0, 0.05) is 5.56 Å². The van der Waals surface area contributed by atoms with E-state index in [9.17, 15) is 13.6 Å². The quantitative estimate of drug-likeness (QED) is 0.851. The zero-order valence-corrected chi connectivity index (χ0v) is 12.0. The molecule has 0 aliphatic carbocycles. The van der Waals surface area contributed by atoms with Crippen molar-refractivity contribution in [3.8, 4) is 0 Å². The van der Waals surface area contributed by atoms with Crippen LogP contribution < -0.4 is 4.90 Å². The van der Waals surface area contributed by atoms with Crippen LogP contribution in [0.3, 0.4) is 0 Å². The van der Waals surface area contributed by atoms with E-state index in [0.717, 1.165) is 16.7 Å². The van der Waals surface area contributed by atoms with E-state index in [1.54, 1.807) is 18.2 Å². The van der Waals surface area contributed by atoms with Gasteiger partial charge in [0.2, 0.25) is 0 Å². The number of amides is 1. The molecule has 3 nitrogen and oxygen atoms in total. The van der Waals surface area contributed by atoms with Gasteiger partial charge in [-0.1, -0.05) is 30.3 Å². The Bertz CT molecular complexity index is 804. The number of hydrogen-bond acceptors (Lipinski definition) is 3. The van der Waals surface area contributed by atoms with Gasteiger partial charge in [-0.2, -0.15) is 0 Å². The van der Waals surface area contributed by atoms with Crippen LogP contribution in [-0.4, -0.2) is 11.1 Å². The number of halogens is 2. The zero-order chi connectivity index (χ0) is 15.7. The number of nitrogens with one attached hydrogen (secondary N) is 1. The maximum absolute atomic E-state index is 13.8. The van der Waals surface area contributed by atoms with Gasteiger partial charge in [0.25, 0.3) is 5.91 Å². The number of hydrogen-bond donors (Lipinski definition) is 1. The molecule has 1 aliphatic rings. The molecule has 0 spiro atoms. The van der Waals surface area contributed by atoms with Crippen LogP contribution in [-0.2, 0) is 4.79 Å². The molecule has 0 radical (unpaired) electrons. The highest BCUT2D eigenvalue weighted by Gasteiger charge is 2.35. The first-order valence-corrected chi connectivity index (χ1v) is 7.21. The molecule has 1 amide bonds. The van der Waals surface area contributed by atoms with Gasteiger partial charge in [0.1, 0.15) is 11.6 Å². The fraction of sp³-hybridized carbons (Fsp3) is 0. The van der Waals surface area contributed by atoms with E-state index < -0.39 is 17.5 Å². The lowest BCUT2D eigenvalue weighted by Crippen LogP contribution is -2.28. The number of carbonyl (C=O) groups is 1. The Morgan fingerprint density at radius 1 is 1.00 bits per heavy atom. The van der Waals surface area contributed by atoms with E-state index in [1.165, 1.54) is 36.4 Å². The minimum Gasteiger partial charge on any atom is -0.278 e. The number of rotatable bonds is 2. The monoisotopic (exact) mass is 316 g/mol. The number of carbonyl (C=O) groups excluding carboxylic acids is 1. The number of amidine groups is 1. The van der Waals surface area contributed by atoms with Gasteiger partial charge in [-0.25, -0.2) is 8.78 Å². The molecule has 6 heteroatoms. The van der Waals surface area contributed by atoms with Crippen LogP contribution in [0.5, 0.6) is 0 Å². The van der Waals surface area contributed by atoms with Gasteiger partial charge in [-0.3, -0.25) is 15.1 Å². The summed E-state index contributed by atoms with van der Waals surface area (Å²) in [5.74, 6) is -1.59. The van der Waals surface area contributed by atoms with Crippen molar-refractivity contribution >= 4 is 34.6 Å². The summed E-state index contributed by atoms with van der Waals surface area (Å²) < 4.78 is 27.5. The van der Waals surface area contributed by atoms with Crippen LogP contribution in [0.15, 0.2) is 53.4 Å². The van der Waals surface area contributed by atoms with Crippen molar-refractivity contribution in [3.05, 3.63) is 70.6 Å². The molecule has 3 rings (SSSR count). The van der Waals surface area contributed by atoms with Crippen LogP contribution in [0.25, 0.3) is 6.08 Å². The first kappa shape index (κ1) is 14.5. The van der Waals surface area contributed by atoms with Crippen LogP contribution in [0.4, 0.5) is 14.5 Å². The number of anilines is 1. The van der Waals surface area contributed by atoms with Gasteiger partial charge < -0.3 is 0 Å². The van der Waals surface area contributed by atoms with Crippen molar-refractivity contribution < 1.29 is 13.6 Å². The van der Waals surface area contributed by atoms with Gasteiger partial charge in [-0.15, -0.1) is 0 Å². The molecule has 2 aromatic carbocycles. The highest BCUT2D eigenvalue weighted by atomic mass is 32.2. The molecule has 0 saturated carbocycles. The largest absolute Gasteiger partial charge is 0.278 e. The molecule has 1 heterocycles. The Balaban J connectivity index is 1.99. The molecule has 1 N–H and O–H groups in total. The van der Waals surface area contributed by atoms with Crippen molar-refractivity contribution in [3.63, 3.8) is 0 Å². The van der Waals surface area contributed by atoms with Crippen LogP contribution >= 0.6 is 11.8 Å². The minimum atomic E-state index is -0.589. The lowest BCUT2D eigenvalue weighted by Gasteiger charge is -2.14. The average Bonchev–Trinajstić information content (AvgIpc) is 2.77. The van der Waals surface area contributed by atoms with E-state index in [2.05, 4.69) is 0 Å². The third-order valence-corrected chi connectivity index (χ3v) is 4.00. The summed E-state index contributed by atoms with van der Waals surface area (Å²) in [5, 5.41) is 7.77. The maximum atomic E-state index is 13.8. The summed E-state index contributed by atoms with van der Waals surface area (Å²) in [4.78, 5) is 13.5. The molecule has 1 saturated heterocycles. The summed E-state index contributed by atoms with van der Waals surface area (Å²) >= 11 is 0.876. The van der Waals surface area contributed by atoms with E-state index >= 15 is 0 Å². The van der Waals surface area contributed by atoms with E-state index in [0.29, 0.717) is 0 Å². The molecule has 1 aliphatic heterocycles. The Morgan fingerprint density at radius 2 is 1.64 bits per heavy atom. The van der Waals surface area contributed by atoms with Crippen molar-refractivity contribution in [2.24, 2.45) is 0 Å². The normalized spacial score (nSPS) is 16.6. The lowest BCUT2D eigenvalue weighted by molar-refractivity contribution is -0.113. The summed E-state index contributed by atoms with van der Waals surface area (Å²) in [7, 11) is 0. The number of thioether (sulfide) groups is 1. The van der Waals surface area contributed by atoms with Crippen molar-refractivity contribution in [1.29, 1.82) is 5.41 Å². The Kier molecular flexibility index (Phi) is 3.77. The second-order valence-electron chi connectivity index (χ2n) is 4.53. The molecular weight excluding hydrogens is 306 g/mol. The fourth-order valence-corrected chi connectivity index (χ4v) is 2.92. The highest BCUT2D eigenvalue weighted by Crippen LogP contribution is 2.36. The second kappa shape index (κ2) is 5.73. The van der Waals surface area contributed by atoms with Crippen LogP contribution in [0.2, 0.25) is 0 Å². The predicted molar refractivity (Wildman–Crippen MR) is 83.6 cm³/mol. The number of para-hydroxylation sites is 1. The average molecular weight is 316 g/mol. The Hall–Kier alpha value is -2.47. The van der Waals surface area contributed by atoms with Gasteiger partial charge in [0.05, 0.1) is 10.6 Å². The molecule has 22 heavy (non-hydrogen) atoms. The lowest BCUT2D eigenvalue weighted by atomic mass is 10.2. The molecule has 0 unspecified atom stereocenters. The van der Waals surface area contributed by atoms with E-state index in [1.807, 2.05) is 0 Å². The highest BCUT2D eigenvalue weighted by molar-refractivity contribution is 8.19. The maximum Gasteiger partial charge on any atom is 0.271 e. The SMILES string of the molecule is N=C1S/C(=C/c2ccccc2F)C(=O)N1c1ccccc1F. The molecule has 110 valence electrons. The van der Waals surface area contributed by atoms with Crippen molar-refractivity contribution in [1.82, 2.24) is 0 Å². The molecule has 1 fully saturated rings. The standard InChI is InChI=1S/C16H10F2N2OS/c17-11-6-2-1-5-10(11)9-14-15(21)20(16(19)22-14)13-8-4-3-7-12(13)18/h1-9,19H/b14-9+,19-16?. The van der Waals surface area contributed by atoms with Crippen LogP contribution in [0.1, 0.15) is 5.56 Å². The summed E-state index contributed by atoms with van der Waals surface area (Å²) in [6.07, 6.45) is 1.37. The first-order valence-electron chi connectivity index (χ1n) is 6.39. The fourth-order valence-electron chi connectivity index (χ4n) is 2.07. The summed E-state index contributed by atoms with van der Waals surface area (Å²) in [5.41, 5.74) is 0.267. The van der Waals surface area contributed by atoms with Crippen molar-refractivity contribution in [2.45, 2.75) is 0 Å². The molecular formula is C16H10F2N2OS. The van der Waals surface area contributed by atoms with Gasteiger partial charge >= 0.3 is 0 Å². The minimum absolute atomic E-state index is 0.0157. The van der Waals surface area contributed by atoms with E-state index in [-0.39, 0.29) is 21.3 Å². The zero-order valence-electron chi connectivity index (χ0n) is 11.2. The predicted octanol–water partition coefficient (Wildman–Crippen LogP) is 4.02. The molecule has 0 aromatic heterocycles. The molecule has 2 aromatic rings. The van der Waals surface area contributed by atoms with Gasteiger partial charge in [-0.05, 0) is 36.0 Å². The Morgan fingerprint density at radius 3 is 2.32 bits per heavy atom. The summed E-state index contributed by atoms with van der Waals surface area (Å²) in [6, 6.07) is 11.8. The third kappa shape index (κ3) is 2.53.